The van der Waals surface area contributed by atoms with Crippen molar-refractivity contribution in [1.29, 1.82) is 0 Å². The second-order valence-corrected chi connectivity index (χ2v) is 13.9. The van der Waals surface area contributed by atoms with E-state index >= 15 is 4.39 Å². The van der Waals surface area contributed by atoms with E-state index in [0.29, 0.717) is 48.4 Å². The quantitative estimate of drug-likeness (QED) is 0.238. The van der Waals surface area contributed by atoms with Gasteiger partial charge in [-0.1, -0.05) is 23.6 Å². The summed E-state index contributed by atoms with van der Waals surface area (Å²) in [6, 6.07) is 7.94. The molecule has 1 saturated carbocycles. The summed E-state index contributed by atoms with van der Waals surface area (Å²) in [4.78, 5) is 14.1. The fraction of sp³-hybridized carbons (Fsp3) is 0.444. The van der Waals surface area contributed by atoms with Gasteiger partial charge in [0.1, 0.15) is 22.9 Å². The molecule has 3 aliphatic heterocycles. The average molecular weight is 660 g/mol. The Morgan fingerprint density at radius 2 is 1.91 bits per heavy atom. The lowest BCUT2D eigenvalue weighted by molar-refractivity contribution is 0.127. The molecule has 244 valence electrons. The minimum atomic E-state index is -0.719. The first kappa shape index (κ1) is 30.6. The molecule has 4 heterocycles. The lowest BCUT2D eigenvalue weighted by Gasteiger charge is -2.34. The van der Waals surface area contributed by atoms with Gasteiger partial charge in [0.05, 0.1) is 23.8 Å². The standard InChI is InChI=1S/C36H36ClF2N5O3/c1-2-25-29(38)7-4-21-14-24(45)15-26(30(21)25)31-28(37)16-27-33(32(31)39)41-35(42-34(27)44-17-22-5-6-23(18-44)40-22)47-20-36(8-9-36)19-43-10-3-12-46-13-11-43/h1,4,7,14-16,22-23,40,45H,3,5-6,8-13,17-20H2. The Kier molecular flexibility index (Phi) is 7.84. The lowest BCUT2D eigenvalue weighted by atomic mass is 9.93. The second-order valence-electron chi connectivity index (χ2n) is 13.5. The maximum atomic E-state index is 17.0. The van der Waals surface area contributed by atoms with E-state index in [-0.39, 0.29) is 49.8 Å². The zero-order chi connectivity index (χ0) is 32.3. The van der Waals surface area contributed by atoms with Crippen LogP contribution in [0.4, 0.5) is 14.6 Å². The first-order valence-corrected chi connectivity index (χ1v) is 16.7. The van der Waals surface area contributed by atoms with E-state index in [0.717, 1.165) is 65.0 Å². The third kappa shape index (κ3) is 5.73. The predicted octanol–water partition coefficient (Wildman–Crippen LogP) is 5.89. The number of aromatic nitrogens is 2. The molecule has 2 N–H and O–H groups in total. The molecular formula is C36H36ClF2N5O3. The Balaban J connectivity index is 1.23. The van der Waals surface area contributed by atoms with Crippen LogP contribution in [0.3, 0.4) is 0 Å². The molecule has 0 spiro atoms. The Bertz CT molecular complexity index is 1910. The zero-order valence-electron chi connectivity index (χ0n) is 26.0. The van der Waals surface area contributed by atoms with Gasteiger partial charge in [-0.15, -0.1) is 6.42 Å². The van der Waals surface area contributed by atoms with Crippen molar-refractivity contribution in [2.24, 2.45) is 5.41 Å². The molecule has 2 atom stereocenters. The molecule has 2 bridgehead atoms. The number of hydrogen-bond donors (Lipinski definition) is 2. The highest BCUT2D eigenvalue weighted by Gasteiger charge is 2.45. The summed E-state index contributed by atoms with van der Waals surface area (Å²) < 4.78 is 43.9. The molecule has 2 unspecified atom stereocenters. The largest absolute Gasteiger partial charge is 0.508 e. The van der Waals surface area contributed by atoms with Crippen LogP contribution in [0, 0.1) is 29.4 Å². The van der Waals surface area contributed by atoms with Gasteiger partial charge in [-0.25, -0.2) is 8.78 Å². The molecule has 0 amide bonds. The Hall–Kier alpha value is -3.75. The SMILES string of the molecule is C#Cc1c(F)ccc2cc(O)cc(-c3c(Cl)cc4c(N5CC6CCC(C5)N6)nc(OCC5(CN6CCCOCC6)CC5)nc4c3F)c12. The van der Waals surface area contributed by atoms with Crippen LogP contribution in [0.25, 0.3) is 32.8 Å². The maximum absolute atomic E-state index is 17.0. The molecule has 4 aromatic rings. The number of hydrogen-bond acceptors (Lipinski definition) is 8. The van der Waals surface area contributed by atoms with Crippen molar-refractivity contribution in [3.63, 3.8) is 0 Å². The van der Waals surface area contributed by atoms with Gasteiger partial charge in [0.15, 0.2) is 5.82 Å². The van der Waals surface area contributed by atoms with E-state index in [4.69, 9.17) is 32.5 Å². The molecule has 11 heteroatoms. The molecule has 4 aliphatic rings. The monoisotopic (exact) mass is 659 g/mol. The summed E-state index contributed by atoms with van der Waals surface area (Å²) >= 11 is 6.89. The van der Waals surface area contributed by atoms with Crippen molar-refractivity contribution in [2.45, 2.75) is 44.2 Å². The summed E-state index contributed by atoms with van der Waals surface area (Å²) in [6.45, 7) is 6.17. The number of terminal acetylenes is 1. The number of piperazine rings is 1. The van der Waals surface area contributed by atoms with Crippen LogP contribution in [0.1, 0.15) is 37.7 Å². The van der Waals surface area contributed by atoms with Gasteiger partial charge in [-0.2, -0.15) is 9.97 Å². The van der Waals surface area contributed by atoms with Crippen molar-refractivity contribution in [2.75, 3.05) is 57.4 Å². The number of ether oxygens (including phenoxy) is 2. The van der Waals surface area contributed by atoms with Crippen molar-refractivity contribution in [1.82, 2.24) is 20.2 Å². The summed E-state index contributed by atoms with van der Waals surface area (Å²) in [6.07, 6.45) is 10.9. The second kappa shape index (κ2) is 12.0. The Morgan fingerprint density at radius 1 is 1.11 bits per heavy atom. The van der Waals surface area contributed by atoms with Gasteiger partial charge < -0.3 is 29.7 Å². The number of benzene rings is 3. The highest BCUT2D eigenvalue weighted by Crippen LogP contribution is 2.47. The Labute approximate surface area is 277 Å². The van der Waals surface area contributed by atoms with Crippen LogP contribution >= 0.6 is 11.6 Å². The number of halogens is 3. The van der Waals surface area contributed by atoms with Gasteiger partial charge in [0.25, 0.3) is 0 Å². The van der Waals surface area contributed by atoms with Gasteiger partial charge >= 0.3 is 6.01 Å². The number of fused-ring (bicyclic) bond motifs is 4. The smallest absolute Gasteiger partial charge is 0.319 e. The van der Waals surface area contributed by atoms with Crippen LogP contribution in [-0.4, -0.2) is 84.6 Å². The average Bonchev–Trinajstić information content (AvgIpc) is 3.81. The van der Waals surface area contributed by atoms with Crippen LogP contribution < -0.4 is 15.0 Å². The normalized spacial score (nSPS) is 22.4. The molecule has 0 radical (unpaired) electrons. The van der Waals surface area contributed by atoms with Crippen molar-refractivity contribution >= 4 is 39.1 Å². The van der Waals surface area contributed by atoms with Crippen LogP contribution in [0.5, 0.6) is 11.8 Å². The Morgan fingerprint density at radius 3 is 2.68 bits per heavy atom. The number of nitrogens with one attached hydrogen (secondary N) is 1. The fourth-order valence-corrected chi connectivity index (χ4v) is 7.91. The van der Waals surface area contributed by atoms with Crippen LogP contribution in [0.2, 0.25) is 5.02 Å². The van der Waals surface area contributed by atoms with Gasteiger partial charge in [-0.3, -0.25) is 0 Å². The topological polar surface area (TPSA) is 83.0 Å². The molecule has 3 saturated heterocycles. The first-order valence-electron chi connectivity index (χ1n) is 16.4. The summed E-state index contributed by atoms with van der Waals surface area (Å²) in [5.74, 6) is 1.49. The number of rotatable bonds is 7. The molecular weight excluding hydrogens is 624 g/mol. The van der Waals surface area contributed by atoms with Gasteiger partial charge in [0, 0.05) is 73.2 Å². The van der Waals surface area contributed by atoms with Crippen LogP contribution in [0.15, 0.2) is 30.3 Å². The van der Waals surface area contributed by atoms with E-state index in [1.165, 1.54) is 24.3 Å². The predicted molar refractivity (Wildman–Crippen MR) is 178 cm³/mol. The van der Waals surface area contributed by atoms with E-state index in [9.17, 15) is 9.50 Å². The number of aromatic hydroxyl groups is 1. The molecule has 8 nitrogen and oxygen atoms in total. The summed E-state index contributed by atoms with van der Waals surface area (Å²) in [7, 11) is 0. The maximum Gasteiger partial charge on any atom is 0.319 e. The number of nitrogens with zero attached hydrogens (tertiary/aromatic N) is 4. The molecule has 47 heavy (non-hydrogen) atoms. The van der Waals surface area contributed by atoms with E-state index < -0.39 is 11.6 Å². The summed E-state index contributed by atoms with van der Waals surface area (Å²) in [5, 5.41) is 15.5. The van der Waals surface area contributed by atoms with Gasteiger partial charge in [-0.05, 0) is 67.3 Å². The van der Waals surface area contributed by atoms with Crippen molar-refractivity contribution < 1.29 is 23.4 Å². The van der Waals surface area contributed by atoms with E-state index in [2.05, 4.69) is 26.0 Å². The number of anilines is 1. The minimum Gasteiger partial charge on any atom is -0.508 e. The van der Waals surface area contributed by atoms with Crippen molar-refractivity contribution in [3.05, 3.63) is 52.6 Å². The summed E-state index contributed by atoms with van der Waals surface area (Å²) in [5.41, 5.74) is 0.150. The highest BCUT2D eigenvalue weighted by molar-refractivity contribution is 6.35. The third-order valence-corrected chi connectivity index (χ3v) is 10.5. The molecule has 8 rings (SSSR count). The lowest BCUT2D eigenvalue weighted by Crippen LogP contribution is -2.51. The first-order chi connectivity index (χ1) is 22.8. The van der Waals surface area contributed by atoms with E-state index in [1.807, 2.05) is 0 Å². The van der Waals surface area contributed by atoms with Crippen LogP contribution in [-0.2, 0) is 4.74 Å². The highest BCUT2D eigenvalue weighted by atomic mass is 35.5. The molecule has 1 aliphatic carbocycles. The third-order valence-electron chi connectivity index (χ3n) is 10.2. The minimum absolute atomic E-state index is 0.00312. The van der Waals surface area contributed by atoms with Gasteiger partial charge in [0.2, 0.25) is 0 Å². The number of phenols is 1. The number of phenolic OH excluding ortho intramolecular Hbond substituents is 1. The molecule has 1 aromatic heterocycles. The zero-order valence-corrected chi connectivity index (χ0v) is 26.8. The van der Waals surface area contributed by atoms with E-state index in [1.54, 1.807) is 6.07 Å². The molecule has 4 fully saturated rings. The molecule has 3 aromatic carbocycles. The fourth-order valence-electron chi connectivity index (χ4n) is 7.62. The van der Waals surface area contributed by atoms with Crippen molar-refractivity contribution in [3.8, 4) is 35.2 Å².